The zero-order valence-electron chi connectivity index (χ0n) is 12.4. The van der Waals surface area contributed by atoms with Crippen LogP contribution in [0.1, 0.15) is 45.7 Å². The monoisotopic (exact) mass is 293 g/mol. The van der Waals surface area contributed by atoms with E-state index in [1.165, 1.54) is 24.2 Å². The van der Waals surface area contributed by atoms with Crippen molar-refractivity contribution < 1.29 is 4.79 Å². The van der Waals surface area contributed by atoms with Crippen LogP contribution in [0.3, 0.4) is 0 Å². The number of fused-ring (bicyclic) bond motifs is 2. The minimum atomic E-state index is 0.0740. The summed E-state index contributed by atoms with van der Waals surface area (Å²) in [6.07, 6.45) is 3.98. The van der Waals surface area contributed by atoms with E-state index in [9.17, 15) is 4.79 Å². The molecule has 0 spiro atoms. The molecule has 20 heavy (non-hydrogen) atoms. The van der Waals surface area contributed by atoms with E-state index in [1.54, 1.807) is 0 Å². The lowest BCUT2D eigenvalue weighted by atomic mass is 9.69. The van der Waals surface area contributed by atoms with Gasteiger partial charge in [-0.2, -0.15) is 0 Å². The van der Waals surface area contributed by atoms with Crippen molar-refractivity contribution in [1.82, 2.24) is 10.3 Å². The smallest absolute Gasteiger partial charge is 0.226 e. The van der Waals surface area contributed by atoms with Crippen LogP contribution in [0.4, 0.5) is 5.13 Å². The number of nitrogen functional groups attached to an aromatic ring is 1. The Hall–Kier alpha value is -1.10. The lowest BCUT2D eigenvalue weighted by Crippen LogP contribution is -2.47. The van der Waals surface area contributed by atoms with Crippen molar-refractivity contribution in [1.29, 1.82) is 0 Å². The van der Waals surface area contributed by atoms with E-state index >= 15 is 0 Å². The number of nitrogens with two attached hydrogens (primary N) is 1. The minimum Gasteiger partial charge on any atom is -0.375 e. The van der Waals surface area contributed by atoms with Crippen molar-refractivity contribution in [3.8, 4) is 0 Å². The molecule has 1 aromatic rings. The van der Waals surface area contributed by atoms with Gasteiger partial charge in [-0.1, -0.05) is 20.8 Å². The topological polar surface area (TPSA) is 68.0 Å². The summed E-state index contributed by atoms with van der Waals surface area (Å²) in [7, 11) is 0. The number of amides is 1. The van der Waals surface area contributed by atoms with Crippen molar-refractivity contribution in [3.63, 3.8) is 0 Å². The van der Waals surface area contributed by atoms with Gasteiger partial charge in [0.05, 0.1) is 12.1 Å². The van der Waals surface area contributed by atoms with Crippen LogP contribution in [0.5, 0.6) is 0 Å². The van der Waals surface area contributed by atoms with Crippen LogP contribution in [-0.4, -0.2) is 16.9 Å². The van der Waals surface area contributed by atoms with Crippen molar-refractivity contribution in [2.45, 2.75) is 52.5 Å². The highest BCUT2D eigenvalue weighted by atomic mass is 32.1. The molecule has 5 heteroatoms. The van der Waals surface area contributed by atoms with Gasteiger partial charge in [-0.3, -0.25) is 4.79 Å². The van der Waals surface area contributed by atoms with Crippen molar-refractivity contribution in [2.75, 3.05) is 5.73 Å². The molecule has 2 aliphatic rings. The van der Waals surface area contributed by atoms with Crippen molar-refractivity contribution in [3.05, 3.63) is 11.1 Å². The summed E-state index contributed by atoms with van der Waals surface area (Å²) in [5, 5.41) is 5.64. The van der Waals surface area contributed by atoms with Crippen LogP contribution < -0.4 is 11.1 Å². The number of nitrogens with zero attached hydrogens (tertiary/aromatic N) is 1. The zero-order valence-corrected chi connectivity index (χ0v) is 13.2. The second kappa shape index (κ2) is 4.45. The lowest BCUT2D eigenvalue weighted by molar-refractivity contribution is -0.122. The molecule has 3 rings (SSSR count). The highest BCUT2D eigenvalue weighted by Crippen LogP contribution is 2.65. The van der Waals surface area contributed by atoms with E-state index in [0.29, 0.717) is 23.0 Å². The Balaban J connectivity index is 1.66. The van der Waals surface area contributed by atoms with Gasteiger partial charge in [0.25, 0.3) is 0 Å². The van der Waals surface area contributed by atoms with Crippen LogP contribution in [0.15, 0.2) is 5.38 Å². The SMILES string of the molecule is CC1(C)C2CCC1(C)C(NC(=O)Cc1csc(N)n1)C2. The Morgan fingerprint density at radius 3 is 2.80 bits per heavy atom. The first-order valence-electron chi connectivity index (χ1n) is 7.32. The number of aromatic nitrogens is 1. The van der Waals surface area contributed by atoms with Gasteiger partial charge in [0.1, 0.15) is 0 Å². The molecule has 0 saturated heterocycles. The summed E-state index contributed by atoms with van der Waals surface area (Å²) in [5.74, 6) is 0.817. The third-order valence-electron chi connectivity index (χ3n) is 6.04. The summed E-state index contributed by atoms with van der Waals surface area (Å²) < 4.78 is 0. The lowest BCUT2D eigenvalue weighted by Gasteiger charge is -2.39. The number of carbonyl (C=O) groups is 1. The maximum atomic E-state index is 12.2. The average molecular weight is 293 g/mol. The summed E-state index contributed by atoms with van der Waals surface area (Å²) in [6, 6.07) is 0.305. The molecule has 3 unspecified atom stereocenters. The highest BCUT2D eigenvalue weighted by Gasteiger charge is 2.61. The predicted molar refractivity (Wildman–Crippen MR) is 81.4 cm³/mol. The van der Waals surface area contributed by atoms with Crippen LogP contribution in [-0.2, 0) is 11.2 Å². The summed E-state index contributed by atoms with van der Waals surface area (Å²) in [6.45, 7) is 7.06. The Kier molecular flexibility index (Phi) is 3.08. The van der Waals surface area contributed by atoms with Gasteiger partial charge in [-0.05, 0) is 36.0 Å². The van der Waals surface area contributed by atoms with Crippen LogP contribution in [0.2, 0.25) is 0 Å². The molecular weight excluding hydrogens is 270 g/mol. The standard InChI is InChI=1S/C15H23N3OS/c1-14(2)9-4-5-15(14,3)11(6-9)18-12(19)7-10-8-20-13(16)17-10/h8-9,11H,4-7H2,1-3H3,(H2,16,17)(H,18,19). The molecule has 1 heterocycles. The first-order valence-corrected chi connectivity index (χ1v) is 8.20. The molecule has 1 aromatic heterocycles. The summed E-state index contributed by atoms with van der Waals surface area (Å²) in [4.78, 5) is 16.4. The Labute approximate surface area is 124 Å². The molecule has 2 aliphatic carbocycles. The summed E-state index contributed by atoms with van der Waals surface area (Å²) >= 11 is 1.39. The van der Waals surface area contributed by atoms with Gasteiger partial charge in [0.2, 0.25) is 5.91 Å². The first kappa shape index (κ1) is 13.9. The van der Waals surface area contributed by atoms with E-state index in [4.69, 9.17) is 5.73 Å². The van der Waals surface area contributed by atoms with Gasteiger partial charge in [-0.25, -0.2) is 4.98 Å². The molecule has 0 aromatic carbocycles. The number of hydrogen-bond donors (Lipinski definition) is 2. The predicted octanol–water partition coefficient (Wildman–Crippen LogP) is 2.60. The second-order valence-corrected chi connectivity index (χ2v) is 7.97. The molecule has 2 saturated carbocycles. The van der Waals surface area contributed by atoms with Gasteiger partial charge in [-0.15, -0.1) is 11.3 Å². The Morgan fingerprint density at radius 1 is 1.55 bits per heavy atom. The molecule has 0 aliphatic heterocycles. The number of hydrogen-bond acceptors (Lipinski definition) is 4. The molecular formula is C15H23N3OS. The quantitative estimate of drug-likeness (QED) is 0.900. The summed E-state index contributed by atoms with van der Waals surface area (Å²) in [5.41, 5.74) is 6.94. The zero-order chi connectivity index (χ0) is 14.5. The number of thiazole rings is 1. The van der Waals surface area contributed by atoms with Gasteiger partial charge >= 0.3 is 0 Å². The average Bonchev–Trinajstić information content (AvgIpc) is 2.90. The fourth-order valence-corrected chi connectivity index (χ4v) is 4.80. The third-order valence-corrected chi connectivity index (χ3v) is 6.76. The van der Waals surface area contributed by atoms with Gasteiger partial charge < -0.3 is 11.1 Å². The minimum absolute atomic E-state index is 0.0740. The molecule has 110 valence electrons. The van der Waals surface area contributed by atoms with Crippen molar-refractivity contribution in [2.24, 2.45) is 16.7 Å². The molecule has 1 amide bonds. The number of anilines is 1. The molecule has 0 radical (unpaired) electrons. The maximum Gasteiger partial charge on any atom is 0.226 e. The molecule has 3 atom stereocenters. The molecule has 4 nitrogen and oxygen atoms in total. The molecule has 2 bridgehead atoms. The normalized spacial score (nSPS) is 34.4. The van der Waals surface area contributed by atoms with Crippen LogP contribution >= 0.6 is 11.3 Å². The fraction of sp³-hybridized carbons (Fsp3) is 0.733. The maximum absolute atomic E-state index is 12.2. The van der Waals surface area contributed by atoms with E-state index in [-0.39, 0.29) is 11.3 Å². The second-order valence-electron chi connectivity index (χ2n) is 7.08. The number of rotatable bonds is 3. The fourth-order valence-electron chi connectivity index (χ4n) is 4.24. The van der Waals surface area contributed by atoms with E-state index in [1.807, 2.05) is 5.38 Å². The highest BCUT2D eigenvalue weighted by molar-refractivity contribution is 7.13. The molecule has 3 N–H and O–H groups in total. The number of nitrogens with one attached hydrogen (secondary N) is 1. The van der Waals surface area contributed by atoms with Crippen LogP contribution in [0, 0.1) is 16.7 Å². The van der Waals surface area contributed by atoms with Gasteiger partial charge in [0, 0.05) is 11.4 Å². The molecule has 2 fully saturated rings. The van der Waals surface area contributed by atoms with E-state index < -0.39 is 0 Å². The number of carbonyl (C=O) groups excluding carboxylic acids is 1. The van der Waals surface area contributed by atoms with Crippen LogP contribution in [0.25, 0.3) is 0 Å². The largest absolute Gasteiger partial charge is 0.375 e. The Bertz CT molecular complexity index is 539. The first-order chi connectivity index (χ1) is 9.33. The van der Waals surface area contributed by atoms with E-state index in [2.05, 4.69) is 31.1 Å². The van der Waals surface area contributed by atoms with Gasteiger partial charge in [0.15, 0.2) is 5.13 Å². The van der Waals surface area contributed by atoms with Crippen molar-refractivity contribution >= 4 is 22.4 Å². The van der Waals surface area contributed by atoms with E-state index in [0.717, 1.165) is 18.0 Å². The third kappa shape index (κ3) is 1.94. The Morgan fingerprint density at radius 2 is 2.30 bits per heavy atom.